The molecule has 0 aromatic rings. The Morgan fingerprint density at radius 2 is 2.27 bits per heavy atom. The molecule has 0 aromatic heterocycles. The van der Waals surface area contributed by atoms with Crippen LogP contribution in [0.25, 0.3) is 0 Å². The number of rotatable bonds is 3. The van der Waals surface area contributed by atoms with Crippen LogP contribution in [-0.4, -0.2) is 53.5 Å². The summed E-state index contributed by atoms with van der Waals surface area (Å²) in [7, 11) is 1.26. The molecule has 2 N–H and O–H groups in total. The molecule has 1 aliphatic rings. The van der Waals surface area contributed by atoms with Crippen LogP contribution in [0, 0.1) is 5.92 Å². The molecule has 1 rings (SSSR count). The summed E-state index contributed by atoms with van der Waals surface area (Å²) < 4.78 is 4.43. The summed E-state index contributed by atoms with van der Waals surface area (Å²) in [5, 5.41) is 18.3. The lowest BCUT2D eigenvalue weighted by Gasteiger charge is -2.17. The molecule has 1 aliphatic heterocycles. The van der Waals surface area contributed by atoms with E-state index < -0.39 is 18.2 Å². The van der Waals surface area contributed by atoms with Crippen LogP contribution in [0.4, 0.5) is 4.79 Å². The van der Waals surface area contributed by atoms with E-state index in [1.807, 2.05) is 0 Å². The summed E-state index contributed by atoms with van der Waals surface area (Å²) >= 11 is 0. The fraction of sp³-hybridized carbons (Fsp3) is 0.778. The van der Waals surface area contributed by atoms with Gasteiger partial charge in [-0.25, -0.2) is 4.79 Å². The van der Waals surface area contributed by atoms with Gasteiger partial charge in [-0.15, -0.1) is 0 Å². The number of methoxy groups -OCH3 is 1. The first kappa shape index (κ1) is 11.8. The van der Waals surface area contributed by atoms with Gasteiger partial charge >= 0.3 is 12.1 Å². The van der Waals surface area contributed by atoms with E-state index in [0.29, 0.717) is 13.0 Å². The zero-order valence-corrected chi connectivity index (χ0v) is 8.55. The molecule has 0 radical (unpaired) electrons. The number of aliphatic hydroxyl groups is 1. The Hall–Kier alpha value is -1.30. The van der Waals surface area contributed by atoms with E-state index in [1.165, 1.54) is 12.0 Å². The van der Waals surface area contributed by atoms with Crippen molar-refractivity contribution in [3.8, 4) is 0 Å². The van der Waals surface area contributed by atoms with Gasteiger partial charge in [0.05, 0.1) is 19.6 Å². The van der Waals surface area contributed by atoms with E-state index in [0.717, 1.165) is 0 Å². The van der Waals surface area contributed by atoms with Crippen molar-refractivity contribution in [1.29, 1.82) is 0 Å². The van der Waals surface area contributed by atoms with Crippen LogP contribution in [0.3, 0.4) is 0 Å². The number of aliphatic hydroxyl groups excluding tert-OH is 1. The van der Waals surface area contributed by atoms with Crippen molar-refractivity contribution >= 4 is 12.1 Å². The van der Waals surface area contributed by atoms with Gasteiger partial charge in [-0.2, -0.15) is 0 Å². The maximum absolute atomic E-state index is 10.9. The Morgan fingerprint density at radius 3 is 2.73 bits per heavy atom. The predicted molar refractivity (Wildman–Crippen MR) is 50.3 cm³/mol. The first-order valence-corrected chi connectivity index (χ1v) is 4.77. The third-order valence-corrected chi connectivity index (χ3v) is 2.64. The van der Waals surface area contributed by atoms with Gasteiger partial charge in [0.15, 0.2) is 0 Å². The van der Waals surface area contributed by atoms with Crippen LogP contribution in [0.1, 0.15) is 12.8 Å². The molecule has 0 bridgehead atoms. The van der Waals surface area contributed by atoms with Gasteiger partial charge < -0.3 is 19.8 Å². The molecule has 1 amide bonds. The molecule has 0 saturated carbocycles. The number of carboxylic acid groups (broad SMARTS) is 1. The molecular formula is C9H15NO5. The van der Waals surface area contributed by atoms with Crippen molar-refractivity contribution in [3.63, 3.8) is 0 Å². The Morgan fingerprint density at radius 1 is 1.60 bits per heavy atom. The monoisotopic (exact) mass is 217 g/mol. The number of hydrogen-bond donors (Lipinski definition) is 2. The lowest BCUT2D eigenvalue weighted by molar-refractivity contribution is -0.143. The number of carbonyl (C=O) groups is 2. The standard InChI is InChI=1S/C9H15NO5/c1-15-8(12)4-7(11)6-2-3-10(5-6)9(13)14/h6-7,11H,2-5H2,1H3,(H,13,14)/t6-,7-/m0/s1. The van der Waals surface area contributed by atoms with E-state index in [1.54, 1.807) is 0 Å². The van der Waals surface area contributed by atoms with Gasteiger partial charge in [0.1, 0.15) is 0 Å². The van der Waals surface area contributed by atoms with E-state index in [-0.39, 0.29) is 18.9 Å². The van der Waals surface area contributed by atoms with Gasteiger partial charge in [0, 0.05) is 19.0 Å². The molecule has 15 heavy (non-hydrogen) atoms. The summed E-state index contributed by atoms with van der Waals surface area (Å²) in [6, 6.07) is 0. The second kappa shape index (κ2) is 4.97. The van der Waals surface area contributed by atoms with Crippen LogP contribution in [0.2, 0.25) is 0 Å². The lowest BCUT2D eigenvalue weighted by atomic mass is 9.99. The smallest absolute Gasteiger partial charge is 0.407 e. The number of hydrogen-bond acceptors (Lipinski definition) is 4. The molecule has 2 atom stereocenters. The van der Waals surface area contributed by atoms with Gasteiger partial charge in [-0.1, -0.05) is 0 Å². The fourth-order valence-corrected chi connectivity index (χ4v) is 1.70. The normalized spacial score (nSPS) is 22.5. The second-order valence-corrected chi connectivity index (χ2v) is 3.62. The summed E-state index contributed by atoms with van der Waals surface area (Å²) in [6.07, 6.45) is -1.29. The van der Waals surface area contributed by atoms with Crippen molar-refractivity contribution in [3.05, 3.63) is 0 Å². The quantitative estimate of drug-likeness (QED) is 0.645. The molecule has 0 spiro atoms. The molecule has 86 valence electrons. The number of likely N-dealkylation sites (tertiary alicyclic amines) is 1. The number of nitrogens with zero attached hydrogens (tertiary/aromatic N) is 1. The summed E-state index contributed by atoms with van der Waals surface area (Å²) in [6.45, 7) is 0.700. The van der Waals surface area contributed by atoms with Crippen molar-refractivity contribution in [2.24, 2.45) is 5.92 Å². The molecule has 1 fully saturated rings. The van der Waals surface area contributed by atoms with Gasteiger partial charge in [0.25, 0.3) is 0 Å². The lowest BCUT2D eigenvalue weighted by Crippen LogP contribution is -2.30. The summed E-state index contributed by atoms with van der Waals surface area (Å²) in [5.41, 5.74) is 0. The second-order valence-electron chi connectivity index (χ2n) is 3.62. The van der Waals surface area contributed by atoms with Crippen molar-refractivity contribution in [2.75, 3.05) is 20.2 Å². The highest BCUT2D eigenvalue weighted by Crippen LogP contribution is 2.21. The minimum Gasteiger partial charge on any atom is -0.469 e. The minimum absolute atomic E-state index is 0.0748. The maximum atomic E-state index is 10.9. The van der Waals surface area contributed by atoms with Crippen molar-refractivity contribution in [1.82, 2.24) is 4.90 Å². The summed E-state index contributed by atoms with van der Waals surface area (Å²) in [5.74, 6) is -0.642. The highest BCUT2D eigenvalue weighted by molar-refractivity contribution is 5.69. The van der Waals surface area contributed by atoms with E-state index in [2.05, 4.69) is 4.74 Å². The largest absolute Gasteiger partial charge is 0.469 e. The third kappa shape index (κ3) is 3.09. The first-order valence-electron chi connectivity index (χ1n) is 4.77. The van der Waals surface area contributed by atoms with Crippen LogP contribution >= 0.6 is 0 Å². The molecule has 6 nitrogen and oxygen atoms in total. The highest BCUT2D eigenvalue weighted by Gasteiger charge is 2.31. The number of amides is 1. The average Bonchev–Trinajstić information content (AvgIpc) is 2.66. The number of carbonyl (C=O) groups excluding carboxylic acids is 1. The molecule has 0 aliphatic carbocycles. The zero-order valence-electron chi connectivity index (χ0n) is 8.55. The molecule has 1 heterocycles. The molecule has 6 heteroatoms. The number of esters is 1. The molecular weight excluding hydrogens is 202 g/mol. The maximum Gasteiger partial charge on any atom is 0.407 e. The Bertz CT molecular complexity index is 255. The molecule has 0 aromatic carbocycles. The minimum atomic E-state index is -0.984. The van der Waals surface area contributed by atoms with Crippen molar-refractivity contribution in [2.45, 2.75) is 18.9 Å². The Labute approximate surface area is 87.4 Å². The van der Waals surface area contributed by atoms with Crippen LogP contribution in [0.5, 0.6) is 0 Å². The summed E-state index contributed by atoms with van der Waals surface area (Å²) in [4.78, 5) is 22.7. The Balaban J connectivity index is 2.39. The first-order chi connectivity index (χ1) is 7.04. The van der Waals surface area contributed by atoms with E-state index in [9.17, 15) is 14.7 Å². The topological polar surface area (TPSA) is 87.1 Å². The molecule has 0 unspecified atom stereocenters. The van der Waals surface area contributed by atoms with Gasteiger partial charge in [-0.3, -0.25) is 4.79 Å². The third-order valence-electron chi connectivity index (χ3n) is 2.64. The highest BCUT2D eigenvalue weighted by atomic mass is 16.5. The average molecular weight is 217 g/mol. The SMILES string of the molecule is COC(=O)C[C@H](O)[C@H]1CCN(C(=O)O)C1. The zero-order chi connectivity index (χ0) is 11.4. The molecule has 1 saturated heterocycles. The number of ether oxygens (including phenoxy) is 1. The van der Waals surface area contributed by atoms with Crippen LogP contribution in [0.15, 0.2) is 0 Å². The van der Waals surface area contributed by atoms with Gasteiger partial charge in [-0.05, 0) is 6.42 Å². The van der Waals surface area contributed by atoms with E-state index in [4.69, 9.17) is 5.11 Å². The van der Waals surface area contributed by atoms with Gasteiger partial charge in [0.2, 0.25) is 0 Å². The fourth-order valence-electron chi connectivity index (χ4n) is 1.70. The van der Waals surface area contributed by atoms with Crippen LogP contribution < -0.4 is 0 Å². The van der Waals surface area contributed by atoms with Crippen LogP contribution in [-0.2, 0) is 9.53 Å². The van der Waals surface area contributed by atoms with Crippen molar-refractivity contribution < 1.29 is 24.5 Å². The van der Waals surface area contributed by atoms with E-state index >= 15 is 0 Å². The Kier molecular flexibility index (Phi) is 3.90. The predicted octanol–water partition coefficient (Wildman–Crippen LogP) is -0.0897.